The van der Waals surface area contributed by atoms with Gasteiger partial charge in [-0.3, -0.25) is 14.4 Å². The number of alkyl halides is 4. The van der Waals surface area contributed by atoms with E-state index in [4.69, 9.17) is 58.0 Å². The van der Waals surface area contributed by atoms with Gasteiger partial charge in [-0.25, -0.2) is 8.78 Å². The van der Waals surface area contributed by atoms with Gasteiger partial charge in [0, 0.05) is 11.6 Å². The Morgan fingerprint density at radius 3 is 2.22 bits per heavy atom. The van der Waals surface area contributed by atoms with E-state index in [9.17, 15) is 31.9 Å². The molecule has 1 aliphatic carbocycles. The molecule has 15 heteroatoms. The number of anilines is 3. The van der Waals surface area contributed by atoms with Crippen molar-refractivity contribution < 1.29 is 31.9 Å². The summed E-state index contributed by atoms with van der Waals surface area (Å²) in [5.74, 6) is -7.87. The first-order valence-corrected chi connectivity index (χ1v) is 13.3. The van der Waals surface area contributed by atoms with Crippen LogP contribution in [0.4, 0.5) is 34.6 Å². The van der Waals surface area contributed by atoms with Crippen LogP contribution < -0.4 is 16.0 Å². The first kappa shape index (κ1) is 31.2. The Morgan fingerprint density at radius 1 is 0.902 bits per heavy atom. The third-order valence-electron chi connectivity index (χ3n) is 6.19. The van der Waals surface area contributed by atoms with Crippen LogP contribution in [-0.4, -0.2) is 28.5 Å². The molecule has 0 bridgehead atoms. The summed E-state index contributed by atoms with van der Waals surface area (Å²) in [6, 6.07) is 8.88. The second-order valence-corrected chi connectivity index (χ2v) is 11.6. The number of nitrogens with one attached hydrogen (secondary N) is 3. The second-order valence-electron chi connectivity index (χ2n) is 8.98. The average Bonchev–Trinajstić information content (AvgIpc) is 3.48. The normalized spacial score (nSPS) is 17.2. The molecular weight excluding hydrogens is 656 g/mol. The van der Waals surface area contributed by atoms with Gasteiger partial charge in [0.1, 0.15) is 15.8 Å². The standard InChI is InChI=1S/C26H16Cl5F4N3O3/c1-9-6-11(36-24(40)18-17(26(18,30)31)10-2-3-13(27)14(28)7-10)8-12(19(9)29)23(39)37-16-5-4-15(32)21(20(16)33)38-25(41)22(34)35/h2-8,17-18,22H,1H3,(H,36,40)(H,37,39)(H,38,41)/t17-,18?/m0/s1. The molecule has 41 heavy (non-hydrogen) atoms. The summed E-state index contributed by atoms with van der Waals surface area (Å²) >= 11 is 31.1. The number of amides is 3. The predicted octanol–water partition coefficient (Wildman–Crippen LogP) is 8.22. The third-order valence-corrected chi connectivity index (χ3v) is 8.37. The molecule has 1 aliphatic rings. The molecule has 1 saturated carbocycles. The van der Waals surface area contributed by atoms with E-state index in [2.05, 4.69) is 10.6 Å². The smallest absolute Gasteiger partial charge is 0.315 e. The van der Waals surface area contributed by atoms with E-state index in [-0.39, 0.29) is 21.3 Å². The largest absolute Gasteiger partial charge is 0.326 e. The summed E-state index contributed by atoms with van der Waals surface area (Å²) < 4.78 is 52.5. The van der Waals surface area contributed by atoms with Crippen molar-refractivity contribution in [1.29, 1.82) is 0 Å². The van der Waals surface area contributed by atoms with Gasteiger partial charge in [0.25, 0.3) is 11.8 Å². The lowest BCUT2D eigenvalue weighted by atomic mass is 10.1. The molecule has 3 N–H and O–H groups in total. The van der Waals surface area contributed by atoms with Gasteiger partial charge in [0.05, 0.1) is 32.2 Å². The van der Waals surface area contributed by atoms with Gasteiger partial charge in [-0.15, -0.1) is 23.2 Å². The molecule has 0 heterocycles. The topological polar surface area (TPSA) is 87.3 Å². The molecular formula is C26H16Cl5F4N3O3. The lowest BCUT2D eigenvalue weighted by Gasteiger charge is -2.14. The van der Waals surface area contributed by atoms with Gasteiger partial charge in [0.15, 0.2) is 5.82 Å². The van der Waals surface area contributed by atoms with Crippen LogP contribution in [0.2, 0.25) is 15.1 Å². The highest BCUT2D eigenvalue weighted by Crippen LogP contribution is 2.65. The van der Waals surface area contributed by atoms with Crippen molar-refractivity contribution in [2.24, 2.45) is 5.92 Å². The van der Waals surface area contributed by atoms with Crippen molar-refractivity contribution in [3.8, 4) is 0 Å². The maximum atomic E-state index is 14.8. The van der Waals surface area contributed by atoms with E-state index in [0.717, 1.165) is 6.07 Å². The van der Waals surface area contributed by atoms with E-state index in [0.29, 0.717) is 22.2 Å². The molecule has 1 fully saturated rings. The lowest BCUT2D eigenvalue weighted by Crippen LogP contribution is -2.22. The van der Waals surface area contributed by atoms with Crippen LogP contribution >= 0.6 is 58.0 Å². The fraction of sp³-hybridized carbons (Fsp3) is 0.192. The fourth-order valence-corrected chi connectivity index (χ4v) is 5.46. The van der Waals surface area contributed by atoms with Crippen LogP contribution in [0, 0.1) is 24.5 Å². The van der Waals surface area contributed by atoms with Gasteiger partial charge >= 0.3 is 6.43 Å². The van der Waals surface area contributed by atoms with E-state index in [1.54, 1.807) is 18.2 Å². The van der Waals surface area contributed by atoms with E-state index in [1.807, 2.05) is 0 Å². The Balaban J connectivity index is 1.55. The molecule has 0 spiro atoms. The zero-order valence-electron chi connectivity index (χ0n) is 20.4. The van der Waals surface area contributed by atoms with Crippen LogP contribution in [0.1, 0.15) is 27.4 Å². The van der Waals surface area contributed by atoms with Crippen LogP contribution in [0.5, 0.6) is 0 Å². The SMILES string of the molecule is Cc1cc(NC(=O)C2[C@H](c3ccc(Cl)c(Cl)c3)C2(Cl)Cl)cc(C(=O)Nc2ccc(F)c(NC(=O)C(F)F)c2F)c1Cl. The molecule has 3 aromatic rings. The summed E-state index contributed by atoms with van der Waals surface area (Å²) in [4.78, 5) is 37.3. The zero-order valence-corrected chi connectivity index (χ0v) is 24.2. The predicted molar refractivity (Wildman–Crippen MR) is 151 cm³/mol. The lowest BCUT2D eigenvalue weighted by molar-refractivity contribution is -0.126. The first-order chi connectivity index (χ1) is 19.1. The number of hydrogen-bond acceptors (Lipinski definition) is 3. The molecule has 0 aliphatic heterocycles. The Bertz CT molecular complexity index is 1590. The summed E-state index contributed by atoms with van der Waals surface area (Å²) in [5, 5.41) is 6.71. The first-order valence-electron chi connectivity index (χ1n) is 11.5. The molecule has 3 aromatic carbocycles. The third kappa shape index (κ3) is 6.36. The highest BCUT2D eigenvalue weighted by Gasteiger charge is 2.67. The number of halogens is 9. The van der Waals surface area contributed by atoms with Crippen molar-refractivity contribution in [2.75, 3.05) is 16.0 Å². The van der Waals surface area contributed by atoms with Crippen molar-refractivity contribution in [2.45, 2.75) is 23.6 Å². The number of aryl methyl sites for hydroxylation is 1. The van der Waals surface area contributed by atoms with Crippen molar-refractivity contribution in [3.05, 3.63) is 85.9 Å². The maximum absolute atomic E-state index is 14.8. The Hall–Kier alpha value is -2.76. The molecule has 0 aromatic heterocycles. The van der Waals surface area contributed by atoms with Gasteiger partial charge in [-0.2, -0.15) is 8.78 Å². The van der Waals surface area contributed by atoms with Crippen molar-refractivity contribution >= 4 is 92.8 Å². The molecule has 0 saturated heterocycles. The van der Waals surface area contributed by atoms with E-state index < -0.39 is 63.3 Å². The van der Waals surface area contributed by atoms with Gasteiger partial charge in [-0.05, 0) is 54.4 Å². The van der Waals surface area contributed by atoms with Crippen molar-refractivity contribution in [3.63, 3.8) is 0 Å². The van der Waals surface area contributed by atoms with Gasteiger partial charge < -0.3 is 16.0 Å². The molecule has 3 amide bonds. The van der Waals surface area contributed by atoms with Crippen LogP contribution in [0.15, 0.2) is 42.5 Å². The molecule has 6 nitrogen and oxygen atoms in total. The van der Waals surface area contributed by atoms with Gasteiger partial charge in [0.2, 0.25) is 5.91 Å². The Morgan fingerprint density at radius 2 is 1.59 bits per heavy atom. The van der Waals surface area contributed by atoms with E-state index in [1.165, 1.54) is 24.4 Å². The summed E-state index contributed by atoms with van der Waals surface area (Å²) in [6.07, 6.45) is -3.54. The minimum atomic E-state index is -3.54. The molecule has 4 rings (SSSR count). The number of rotatable bonds is 7. The minimum Gasteiger partial charge on any atom is -0.326 e. The summed E-state index contributed by atoms with van der Waals surface area (Å²) in [7, 11) is 0. The number of carbonyl (C=O) groups is 3. The molecule has 216 valence electrons. The maximum Gasteiger partial charge on any atom is 0.315 e. The fourth-order valence-electron chi connectivity index (χ4n) is 4.13. The monoisotopic (exact) mass is 669 g/mol. The summed E-state index contributed by atoms with van der Waals surface area (Å²) in [6.45, 7) is 1.54. The average molecular weight is 672 g/mol. The highest BCUT2D eigenvalue weighted by atomic mass is 35.5. The molecule has 0 radical (unpaired) electrons. The van der Waals surface area contributed by atoms with Crippen LogP contribution in [-0.2, 0) is 9.59 Å². The number of hydrogen-bond donors (Lipinski definition) is 3. The minimum absolute atomic E-state index is 0.0571. The molecule has 1 unspecified atom stereocenters. The Kier molecular flexibility index (Phi) is 9.01. The number of carbonyl (C=O) groups excluding carboxylic acids is 3. The summed E-state index contributed by atoms with van der Waals surface area (Å²) in [5.41, 5.74) is -0.982. The second kappa shape index (κ2) is 11.9. The Labute approximate surface area is 255 Å². The highest BCUT2D eigenvalue weighted by molar-refractivity contribution is 6.53. The van der Waals surface area contributed by atoms with Crippen LogP contribution in [0.25, 0.3) is 0 Å². The zero-order chi connectivity index (χ0) is 30.4. The van der Waals surface area contributed by atoms with Gasteiger partial charge in [-0.1, -0.05) is 40.9 Å². The van der Waals surface area contributed by atoms with E-state index >= 15 is 0 Å². The number of benzene rings is 3. The van der Waals surface area contributed by atoms with Crippen molar-refractivity contribution in [1.82, 2.24) is 0 Å². The van der Waals surface area contributed by atoms with Crippen LogP contribution in [0.3, 0.4) is 0 Å². The molecule has 2 atom stereocenters. The quantitative estimate of drug-likeness (QED) is 0.175.